The predicted molar refractivity (Wildman–Crippen MR) is 79.8 cm³/mol. The summed E-state index contributed by atoms with van der Waals surface area (Å²) in [5.74, 6) is 0.350. The van der Waals surface area contributed by atoms with E-state index in [0.29, 0.717) is 6.04 Å². The molecule has 0 saturated heterocycles. The highest BCUT2D eigenvalue weighted by Gasteiger charge is 2.21. The van der Waals surface area contributed by atoms with E-state index in [1.807, 2.05) is 26.0 Å². The number of halogens is 1. The van der Waals surface area contributed by atoms with Gasteiger partial charge in [-0.3, -0.25) is 4.79 Å². The molecular weight excluding hydrogens is 290 g/mol. The number of carbonyl (C=O) groups is 1. The normalized spacial score (nSPS) is 13.1. The maximum Gasteiger partial charge on any atom is 0.152 e. The van der Waals surface area contributed by atoms with Crippen molar-refractivity contribution in [3.63, 3.8) is 0 Å². The van der Waals surface area contributed by atoms with Crippen LogP contribution in [0.2, 0.25) is 0 Å². The summed E-state index contributed by atoms with van der Waals surface area (Å²) in [6.07, 6.45) is 0.752. The molecule has 0 aromatic heterocycles. The summed E-state index contributed by atoms with van der Waals surface area (Å²) < 4.78 is 1.06. The summed E-state index contributed by atoms with van der Waals surface area (Å²) in [6.45, 7) is 8.06. The molecule has 0 bridgehead atoms. The average molecular weight is 312 g/mol. The van der Waals surface area contributed by atoms with E-state index in [4.69, 9.17) is 0 Å². The fraction of sp³-hybridized carbons (Fsp3) is 0.533. The third kappa shape index (κ3) is 4.91. The Labute approximate surface area is 118 Å². The molecule has 0 spiro atoms. The maximum absolute atomic E-state index is 12.2. The number of hydrogen-bond donors (Lipinski definition) is 1. The second-order valence-electron chi connectivity index (χ2n) is 5.26. The monoisotopic (exact) mass is 311 g/mol. The Bertz CT molecular complexity index is 384. The van der Waals surface area contributed by atoms with Crippen molar-refractivity contribution >= 4 is 21.7 Å². The van der Waals surface area contributed by atoms with Crippen LogP contribution in [0.1, 0.15) is 33.3 Å². The highest BCUT2D eigenvalue weighted by molar-refractivity contribution is 9.10. The molecule has 1 N–H and O–H groups in total. The van der Waals surface area contributed by atoms with Crippen LogP contribution in [0.3, 0.4) is 0 Å². The Hall–Kier alpha value is -0.670. The minimum atomic E-state index is -0.0915. The fourth-order valence-electron chi connectivity index (χ4n) is 1.90. The van der Waals surface area contributed by atoms with Crippen molar-refractivity contribution in [3.05, 3.63) is 34.3 Å². The summed E-state index contributed by atoms with van der Waals surface area (Å²) in [5, 5.41) is 3.36. The second kappa shape index (κ2) is 7.05. The first-order chi connectivity index (χ1) is 8.40. The van der Waals surface area contributed by atoms with Gasteiger partial charge in [-0.25, -0.2) is 0 Å². The molecule has 1 aromatic carbocycles. The van der Waals surface area contributed by atoms with Crippen LogP contribution < -0.4 is 5.32 Å². The summed E-state index contributed by atoms with van der Waals surface area (Å²) in [7, 11) is 0. The topological polar surface area (TPSA) is 29.1 Å². The van der Waals surface area contributed by atoms with Crippen LogP contribution >= 0.6 is 15.9 Å². The van der Waals surface area contributed by atoms with Crippen LogP contribution in [0.15, 0.2) is 28.7 Å². The SMILES string of the molecule is CC(C)NC(Cc1ccc(Br)cc1)C(=O)C(C)C. The van der Waals surface area contributed by atoms with Crippen molar-refractivity contribution in [1.29, 1.82) is 0 Å². The van der Waals surface area contributed by atoms with E-state index in [-0.39, 0.29) is 17.7 Å². The summed E-state index contributed by atoms with van der Waals surface area (Å²) in [5.41, 5.74) is 1.19. The minimum absolute atomic E-state index is 0.0664. The van der Waals surface area contributed by atoms with E-state index in [1.165, 1.54) is 5.56 Å². The molecular formula is C15H22BrNO. The lowest BCUT2D eigenvalue weighted by Crippen LogP contribution is -2.44. The quantitative estimate of drug-likeness (QED) is 0.870. The smallest absolute Gasteiger partial charge is 0.152 e. The van der Waals surface area contributed by atoms with E-state index in [2.05, 4.69) is 47.2 Å². The molecule has 0 fully saturated rings. The molecule has 0 aliphatic carbocycles. The first-order valence-electron chi connectivity index (χ1n) is 6.44. The van der Waals surface area contributed by atoms with Gasteiger partial charge >= 0.3 is 0 Å². The maximum atomic E-state index is 12.2. The molecule has 2 nitrogen and oxygen atoms in total. The van der Waals surface area contributed by atoms with Crippen LogP contribution in [-0.4, -0.2) is 17.9 Å². The minimum Gasteiger partial charge on any atom is -0.305 e. The molecule has 1 unspecified atom stereocenters. The van der Waals surface area contributed by atoms with E-state index in [1.54, 1.807) is 0 Å². The van der Waals surface area contributed by atoms with Crippen molar-refractivity contribution in [2.75, 3.05) is 0 Å². The molecule has 0 heterocycles. The van der Waals surface area contributed by atoms with Gasteiger partial charge in [0.2, 0.25) is 0 Å². The van der Waals surface area contributed by atoms with Gasteiger partial charge in [-0.05, 0) is 24.1 Å². The molecule has 0 saturated carbocycles. The van der Waals surface area contributed by atoms with Gasteiger partial charge in [0.05, 0.1) is 6.04 Å². The van der Waals surface area contributed by atoms with Gasteiger partial charge < -0.3 is 5.32 Å². The Kier molecular flexibility index (Phi) is 6.03. The van der Waals surface area contributed by atoms with E-state index in [9.17, 15) is 4.79 Å². The standard InChI is InChI=1S/C15H22BrNO/c1-10(2)15(18)14(17-11(3)4)9-12-5-7-13(16)8-6-12/h5-8,10-11,14,17H,9H2,1-4H3. The number of nitrogens with one attached hydrogen (secondary N) is 1. The molecule has 18 heavy (non-hydrogen) atoms. The average Bonchev–Trinajstić information content (AvgIpc) is 2.29. The van der Waals surface area contributed by atoms with Crippen molar-refractivity contribution in [3.8, 4) is 0 Å². The summed E-state index contributed by atoms with van der Waals surface area (Å²) in [4.78, 5) is 12.2. The molecule has 100 valence electrons. The lowest BCUT2D eigenvalue weighted by Gasteiger charge is -2.22. The fourth-order valence-corrected chi connectivity index (χ4v) is 2.17. The van der Waals surface area contributed by atoms with Crippen LogP contribution in [-0.2, 0) is 11.2 Å². The van der Waals surface area contributed by atoms with Crippen LogP contribution in [0.5, 0.6) is 0 Å². The van der Waals surface area contributed by atoms with Gasteiger partial charge in [0.1, 0.15) is 0 Å². The summed E-state index contributed by atoms with van der Waals surface area (Å²) >= 11 is 3.42. The molecule has 1 rings (SSSR count). The van der Waals surface area contributed by atoms with Gasteiger partial charge in [0.15, 0.2) is 5.78 Å². The molecule has 1 aromatic rings. The zero-order chi connectivity index (χ0) is 13.7. The first-order valence-corrected chi connectivity index (χ1v) is 7.23. The zero-order valence-corrected chi connectivity index (χ0v) is 13.1. The molecule has 0 aliphatic rings. The largest absolute Gasteiger partial charge is 0.305 e. The van der Waals surface area contributed by atoms with Crippen LogP contribution in [0, 0.1) is 5.92 Å². The zero-order valence-electron chi connectivity index (χ0n) is 11.5. The van der Waals surface area contributed by atoms with Crippen molar-refractivity contribution in [2.24, 2.45) is 5.92 Å². The van der Waals surface area contributed by atoms with E-state index in [0.717, 1.165) is 10.9 Å². The number of Topliss-reactive ketones (excluding diaryl/α,β-unsaturated/α-hetero) is 1. The number of carbonyl (C=O) groups excluding carboxylic acids is 1. The van der Waals surface area contributed by atoms with Gasteiger partial charge in [0.25, 0.3) is 0 Å². The number of rotatable bonds is 6. The Morgan fingerprint density at radius 3 is 2.17 bits per heavy atom. The molecule has 1 atom stereocenters. The molecule has 0 amide bonds. The van der Waals surface area contributed by atoms with Crippen LogP contribution in [0.25, 0.3) is 0 Å². The highest BCUT2D eigenvalue weighted by atomic mass is 79.9. The Morgan fingerprint density at radius 2 is 1.72 bits per heavy atom. The van der Waals surface area contributed by atoms with Gasteiger partial charge in [-0.1, -0.05) is 55.8 Å². The predicted octanol–water partition coefficient (Wildman–Crippen LogP) is 3.58. The lowest BCUT2D eigenvalue weighted by molar-refractivity contribution is -0.124. The number of hydrogen-bond acceptors (Lipinski definition) is 2. The number of benzene rings is 1. The Balaban J connectivity index is 2.77. The second-order valence-corrected chi connectivity index (χ2v) is 6.18. The first kappa shape index (κ1) is 15.4. The molecule has 0 radical (unpaired) electrons. The third-order valence-corrected chi connectivity index (χ3v) is 3.33. The van der Waals surface area contributed by atoms with E-state index < -0.39 is 0 Å². The van der Waals surface area contributed by atoms with E-state index >= 15 is 0 Å². The van der Waals surface area contributed by atoms with Gasteiger partial charge in [-0.2, -0.15) is 0 Å². The van der Waals surface area contributed by atoms with Gasteiger partial charge in [-0.15, -0.1) is 0 Å². The van der Waals surface area contributed by atoms with Crippen molar-refractivity contribution < 1.29 is 4.79 Å². The number of ketones is 1. The lowest BCUT2D eigenvalue weighted by atomic mass is 9.95. The van der Waals surface area contributed by atoms with Crippen molar-refractivity contribution in [1.82, 2.24) is 5.32 Å². The van der Waals surface area contributed by atoms with Crippen LogP contribution in [0.4, 0.5) is 0 Å². The highest BCUT2D eigenvalue weighted by Crippen LogP contribution is 2.13. The summed E-state index contributed by atoms with van der Waals surface area (Å²) in [6, 6.07) is 8.38. The third-order valence-electron chi connectivity index (χ3n) is 2.80. The van der Waals surface area contributed by atoms with Crippen molar-refractivity contribution in [2.45, 2.75) is 46.2 Å². The molecule has 3 heteroatoms. The molecule has 0 aliphatic heterocycles. The Morgan fingerprint density at radius 1 is 1.17 bits per heavy atom. The van der Waals surface area contributed by atoms with Gasteiger partial charge in [0, 0.05) is 16.4 Å².